The number of ether oxygens (including phenoxy) is 2. The molecule has 0 unspecified atom stereocenters. The van der Waals surface area contributed by atoms with Gasteiger partial charge in [0.1, 0.15) is 5.75 Å². The zero-order valence-corrected chi connectivity index (χ0v) is 21.5. The van der Waals surface area contributed by atoms with Gasteiger partial charge in [0.2, 0.25) is 0 Å². The highest BCUT2D eigenvalue weighted by molar-refractivity contribution is 9.10. The maximum atomic E-state index is 13.6. The normalized spacial score (nSPS) is 14.2. The minimum atomic E-state index is -0.167. The summed E-state index contributed by atoms with van der Waals surface area (Å²) in [5.74, 6) is 0.330. The van der Waals surface area contributed by atoms with Gasteiger partial charge in [-0.05, 0) is 42.8 Å². The lowest BCUT2D eigenvalue weighted by atomic mass is 10.1. The summed E-state index contributed by atoms with van der Waals surface area (Å²) in [7, 11) is 1.55. The lowest BCUT2D eigenvalue weighted by molar-refractivity contribution is 0.0376. The van der Waals surface area contributed by atoms with Gasteiger partial charge in [-0.15, -0.1) is 12.4 Å². The van der Waals surface area contributed by atoms with E-state index in [1.165, 1.54) is 11.3 Å². The van der Waals surface area contributed by atoms with Gasteiger partial charge in [-0.2, -0.15) is 0 Å². The summed E-state index contributed by atoms with van der Waals surface area (Å²) in [5.41, 5.74) is 1.30. The van der Waals surface area contributed by atoms with Crippen LogP contribution in [0, 0.1) is 0 Å². The Morgan fingerprint density at radius 3 is 2.81 bits per heavy atom. The number of fused-ring (bicyclic) bond motifs is 1. The number of morpholine rings is 1. The van der Waals surface area contributed by atoms with Gasteiger partial charge in [-0.3, -0.25) is 14.6 Å². The fraction of sp³-hybridized carbons (Fsp3) is 0.364. The molecule has 0 aliphatic carbocycles. The van der Waals surface area contributed by atoms with Crippen molar-refractivity contribution < 1.29 is 14.3 Å². The summed E-state index contributed by atoms with van der Waals surface area (Å²) in [6, 6.07) is 11.0. The molecule has 1 amide bonds. The highest BCUT2D eigenvalue weighted by atomic mass is 79.9. The van der Waals surface area contributed by atoms with E-state index in [4.69, 9.17) is 26.1 Å². The minimum absolute atomic E-state index is 0. The molecule has 1 aromatic heterocycles. The minimum Gasteiger partial charge on any atom is -0.496 e. The molecule has 2 aromatic carbocycles. The maximum Gasteiger partial charge on any atom is 0.263 e. The number of hydrogen-bond acceptors (Lipinski definition) is 6. The number of rotatable bonds is 7. The number of amides is 1. The lowest BCUT2D eigenvalue weighted by Crippen LogP contribution is -2.39. The second kappa shape index (κ2) is 11.6. The zero-order valence-electron chi connectivity index (χ0n) is 17.6. The van der Waals surface area contributed by atoms with Crippen molar-refractivity contribution in [2.75, 3.05) is 51.4 Å². The predicted molar refractivity (Wildman–Crippen MR) is 136 cm³/mol. The number of carbonyl (C=O) groups is 1. The van der Waals surface area contributed by atoms with Crippen molar-refractivity contribution in [1.82, 2.24) is 9.88 Å². The molecule has 10 heteroatoms. The molecule has 0 saturated carbocycles. The van der Waals surface area contributed by atoms with Crippen LogP contribution >= 0.6 is 51.3 Å². The Balaban J connectivity index is 0.00000289. The van der Waals surface area contributed by atoms with E-state index in [0.717, 1.165) is 54.0 Å². The van der Waals surface area contributed by atoms with E-state index < -0.39 is 0 Å². The Hall–Kier alpha value is -1.42. The molecule has 1 aliphatic heterocycles. The summed E-state index contributed by atoms with van der Waals surface area (Å²) >= 11 is 11.2. The van der Waals surface area contributed by atoms with Crippen molar-refractivity contribution in [2.45, 2.75) is 6.42 Å². The van der Waals surface area contributed by atoms with Gasteiger partial charge in [-0.25, -0.2) is 4.98 Å². The molecule has 0 radical (unpaired) electrons. The summed E-state index contributed by atoms with van der Waals surface area (Å²) in [5, 5.41) is 1.16. The predicted octanol–water partition coefficient (Wildman–Crippen LogP) is 5.51. The Morgan fingerprint density at radius 2 is 2.06 bits per heavy atom. The fourth-order valence-electron chi connectivity index (χ4n) is 3.56. The average Bonchev–Trinajstić information content (AvgIpc) is 3.19. The summed E-state index contributed by atoms with van der Waals surface area (Å²) in [6.07, 6.45) is 0.828. The van der Waals surface area contributed by atoms with Crippen LogP contribution in [-0.4, -0.2) is 62.3 Å². The molecule has 0 bridgehead atoms. The summed E-state index contributed by atoms with van der Waals surface area (Å²) < 4.78 is 12.9. The number of halogens is 3. The van der Waals surface area contributed by atoms with Crippen LogP contribution in [0.3, 0.4) is 0 Å². The largest absolute Gasteiger partial charge is 0.496 e. The van der Waals surface area contributed by atoms with Crippen LogP contribution in [0.4, 0.5) is 5.13 Å². The Bertz CT molecular complexity index is 1080. The topological polar surface area (TPSA) is 54.9 Å². The first-order valence-corrected chi connectivity index (χ1v) is 12.1. The first kappa shape index (κ1) is 25.2. The number of hydrogen-bond donors (Lipinski definition) is 0. The van der Waals surface area contributed by atoms with Gasteiger partial charge in [-0.1, -0.05) is 38.9 Å². The highest BCUT2D eigenvalue weighted by Gasteiger charge is 2.25. The van der Waals surface area contributed by atoms with Crippen LogP contribution in [-0.2, 0) is 4.74 Å². The van der Waals surface area contributed by atoms with Crippen LogP contribution in [0.25, 0.3) is 10.2 Å². The molecule has 32 heavy (non-hydrogen) atoms. The number of aromatic nitrogens is 1. The molecule has 0 spiro atoms. The molecule has 2 heterocycles. The lowest BCUT2D eigenvalue weighted by Gasteiger charge is -2.28. The third-order valence-corrected chi connectivity index (χ3v) is 6.94. The van der Waals surface area contributed by atoms with Gasteiger partial charge in [0.05, 0.1) is 36.1 Å². The molecule has 3 aromatic rings. The van der Waals surface area contributed by atoms with Gasteiger partial charge >= 0.3 is 0 Å². The number of nitrogens with zero attached hydrogens (tertiary/aromatic N) is 3. The third-order valence-electron chi connectivity index (χ3n) is 5.17. The van der Waals surface area contributed by atoms with E-state index >= 15 is 0 Å². The van der Waals surface area contributed by atoms with E-state index in [1.54, 1.807) is 30.2 Å². The molecule has 1 fully saturated rings. The molecule has 1 aliphatic rings. The monoisotopic (exact) mass is 559 g/mol. The zero-order chi connectivity index (χ0) is 21.8. The van der Waals surface area contributed by atoms with Crippen LogP contribution in [0.15, 0.2) is 40.9 Å². The second-order valence-corrected chi connectivity index (χ2v) is 9.58. The first-order valence-electron chi connectivity index (χ1n) is 10.1. The number of benzene rings is 2. The Labute approximate surface area is 211 Å². The van der Waals surface area contributed by atoms with Crippen molar-refractivity contribution in [3.8, 4) is 5.75 Å². The third kappa shape index (κ3) is 5.92. The molecule has 6 nitrogen and oxygen atoms in total. The van der Waals surface area contributed by atoms with Crippen molar-refractivity contribution in [2.24, 2.45) is 0 Å². The number of methoxy groups -OCH3 is 1. The molecule has 0 atom stereocenters. The van der Waals surface area contributed by atoms with E-state index in [9.17, 15) is 4.79 Å². The average molecular weight is 561 g/mol. The molecular formula is C22H24BrCl2N3O3S. The van der Waals surface area contributed by atoms with Crippen LogP contribution in [0.1, 0.15) is 16.8 Å². The molecule has 172 valence electrons. The van der Waals surface area contributed by atoms with Crippen molar-refractivity contribution in [3.63, 3.8) is 0 Å². The van der Waals surface area contributed by atoms with Gasteiger partial charge in [0.15, 0.2) is 5.13 Å². The van der Waals surface area contributed by atoms with Crippen molar-refractivity contribution >= 4 is 72.5 Å². The quantitative estimate of drug-likeness (QED) is 0.381. The van der Waals surface area contributed by atoms with Gasteiger partial charge in [0.25, 0.3) is 5.91 Å². The van der Waals surface area contributed by atoms with Gasteiger partial charge in [0, 0.05) is 35.7 Å². The maximum absolute atomic E-state index is 13.6. The number of anilines is 1. The van der Waals surface area contributed by atoms with Crippen LogP contribution in [0.2, 0.25) is 5.02 Å². The second-order valence-electron chi connectivity index (χ2n) is 7.22. The summed E-state index contributed by atoms with van der Waals surface area (Å²) in [6.45, 7) is 4.81. The van der Waals surface area contributed by atoms with Gasteiger partial charge < -0.3 is 9.47 Å². The van der Waals surface area contributed by atoms with E-state index in [0.29, 0.717) is 28.0 Å². The van der Waals surface area contributed by atoms with Crippen LogP contribution in [0.5, 0.6) is 5.75 Å². The summed E-state index contributed by atoms with van der Waals surface area (Å²) in [4.78, 5) is 22.5. The number of thiazole rings is 1. The smallest absolute Gasteiger partial charge is 0.263 e. The van der Waals surface area contributed by atoms with E-state index in [1.807, 2.05) is 18.2 Å². The Kier molecular flexibility index (Phi) is 9.16. The van der Waals surface area contributed by atoms with E-state index in [-0.39, 0.29) is 18.3 Å². The molecule has 4 rings (SSSR count). The Morgan fingerprint density at radius 1 is 1.28 bits per heavy atom. The van der Waals surface area contributed by atoms with E-state index in [2.05, 4.69) is 20.8 Å². The standard InChI is InChI=1S/C22H23BrClN3O3S.ClH/c1-29-19-6-4-16(24)14-17(19)21(28)27(8-2-7-26-9-11-30-12-10-26)22-25-18-5-3-15(23)13-20(18)31-22;/h3-6,13-14H,2,7-12H2,1H3;1H. The first-order chi connectivity index (χ1) is 15.0. The van der Waals surface area contributed by atoms with Crippen molar-refractivity contribution in [1.29, 1.82) is 0 Å². The molecule has 0 N–H and O–H groups in total. The molecule has 1 saturated heterocycles. The van der Waals surface area contributed by atoms with Crippen LogP contribution < -0.4 is 9.64 Å². The highest BCUT2D eigenvalue weighted by Crippen LogP contribution is 2.33. The SMILES string of the molecule is COc1ccc(Cl)cc1C(=O)N(CCCN1CCOCC1)c1nc2ccc(Br)cc2s1.Cl. The van der Waals surface area contributed by atoms with Crippen molar-refractivity contribution in [3.05, 3.63) is 51.5 Å². The molecular weight excluding hydrogens is 537 g/mol. The number of carbonyl (C=O) groups excluding carboxylic acids is 1. The fourth-order valence-corrected chi connectivity index (χ4v) is 5.27.